The Morgan fingerprint density at radius 2 is 1.83 bits per heavy atom. The van der Waals surface area contributed by atoms with Crippen LogP contribution in [0.3, 0.4) is 0 Å². The quantitative estimate of drug-likeness (QED) is 0.689. The predicted octanol–water partition coefficient (Wildman–Crippen LogP) is 0.158. The van der Waals surface area contributed by atoms with Gasteiger partial charge in [0.05, 0.1) is 5.75 Å². The molecule has 2 N–H and O–H groups in total. The van der Waals surface area contributed by atoms with Gasteiger partial charge in [-0.3, -0.25) is 0 Å². The van der Waals surface area contributed by atoms with Gasteiger partial charge in [0.1, 0.15) is 9.84 Å². The van der Waals surface area contributed by atoms with Gasteiger partial charge in [-0.1, -0.05) is 0 Å². The number of hydrogen-bond donors (Lipinski definition) is 1. The number of sulfone groups is 1. The second-order valence-electron chi connectivity index (χ2n) is 3.64. The van der Waals surface area contributed by atoms with E-state index in [9.17, 15) is 17.2 Å². The van der Waals surface area contributed by atoms with E-state index < -0.39 is 34.1 Å². The van der Waals surface area contributed by atoms with Crippen molar-refractivity contribution in [3.05, 3.63) is 0 Å². The molecule has 0 unspecified atom stereocenters. The van der Waals surface area contributed by atoms with E-state index in [-0.39, 0.29) is 5.75 Å². The Bertz CT molecular complexity index is 278. The van der Waals surface area contributed by atoms with Gasteiger partial charge >= 0.3 is 0 Å². The van der Waals surface area contributed by atoms with Crippen molar-refractivity contribution >= 4 is 9.84 Å². The average Bonchev–Trinajstić information content (AvgIpc) is 1.48. The highest BCUT2D eigenvalue weighted by Crippen LogP contribution is 2.44. The summed E-state index contributed by atoms with van der Waals surface area (Å²) >= 11 is 0. The molecule has 1 aliphatic carbocycles. The molecule has 0 aromatic rings. The van der Waals surface area contributed by atoms with Gasteiger partial charge in [-0.25, -0.2) is 17.2 Å². The van der Waals surface area contributed by atoms with Gasteiger partial charge in [0, 0.05) is 24.6 Å². The smallest absolute Gasteiger partial charge is 0.251 e. The zero-order chi connectivity index (χ0) is 9.62. The van der Waals surface area contributed by atoms with E-state index in [1.54, 1.807) is 0 Å². The molecule has 0 saturated heterocycles. The molecule has 0 amide bonds. The molecule has 1 rings (SSSR count). The van der Waals surface area contributed by atoms with E-state index in [1.807, 2.05) is 0 Å². The monoisotopic (exact) mass is 199 g/mol. The third-order valence-corrected chi connectivity index (χ3v) is 2.87. The Kier molecular flexibility index (Phi) is 1.96. The average molecular weight is 199 g/mol. The van der Waals surface area contributed by atoms with E-state index in [0.29, 0.717) is 0 Å². The molecular formula is C6H11F2NO2S. The zero-order valence-electron chi connectivity index (χ0n) is 6.68. The minimum absolute atomic E-state index is 0.352. The number of alkyl halides is 2. The molecule has 0 spiro atoms. The summed E-state index contributed by atoms with van der Waals surface area (Å²) < 4.78 is 46.1. The number of halogens is 2. The van der Waals surface area contributed by atoms with Crippen LogP contribution in [-0.2, 0) is 9.84 Å². The minimum Gasteiger partial charge on any atom is -0.324 e. The van der Waals surface area contributed by atoms with Crippen LogP contribution in [-0.4, -0.2) is 31.9 Å². The SMILES string of the molecule is CS(=O)(=O)CC1(N)CC(F)(F)C1. The molecule has 6 heteroatoms. The Hall–Kier alpha value is -0.230. The van der Waals surface area contributed by atoms with Gasteiger partial charge in [-0.05, 0) is 0 Å². The molecule has 0 atom stereocenters. The maximum Gasteiger partial charge on any atom is 0.251 e. The van der Waals surface area contributed by atoms with E-state index in [4.69, 9.17) is 5.73 Å². The van der Waals surface area contributed by atoms with E-state index in [0.717, 1.165) is 6.26 Å². The molecular weight excluding hydrogens is 188 g/mol. The molecule has 1 aliphatic rings. The van der Waals surface area contributed by atoms with Crippen molar-refractivity contribution in [3.8, 4) is 0 Å². The van der Waals surface area contributed by atoms with Gasteiger partial charge in [-0.2, -0.15) is 0 Å². The summed E-state index contributed by atoms with van der Waals surface area (Å²) in [4.78, 5) is 0. The summed E-state index contributed by atoms with van der Waals surface area (Å²) in [5.41, 5.74) is 4.21. The van der Waals surface area contributed by atoms with E-state index >= 15 is 0 Å². The van der Waals surface area contributed by atoms with Gasteiger partial charge in [-0.15, -0.1) is 0 Å². The molecule has 0 bridgehead atoms. The van der Waals surface area contributed by atoms with Crippen LogP contribution >= 0.6 is 0 Å². The van der Waals surface area contributed by atoms with Crippen molar-refractivity contribution in [2.24, 2.45) is 5.73 Å². The van der Waals surface area contributed by atoms with Crippen molar-refractivity contribution in [1.82, 2.24) is 0 Å². The Balaban J connectivity index is 2.58. The fourth-order valence-electron chi connectivity index (χ4n) is 1.60. The first-order chi connectivity index (χ1) is 5.12. The molecule has 0 aromatic heterocycles. The summed E-state index contributed by atoms with van der Waals surface area (Å²) in [5.74, 6) is -3.12. The molecule has 1 fully saturated rings. The van der Waals surface area contributed by atoms with Gasteiger partial charge in [0.15, 0.2) is 0 Å². The molecule has 0 radical (unpaired) electrons. The van der Waals surface area contributed by atoms with Gasteiger partial charge < -0.3 is 5.73 Å². The lowest BCUT2D eigenvalue weighted by Crippen LogP contribution is -2.61. The third-order valence-electron chi connectivity index (χ3n) is 1.77. The minimum atomic E-state index is -3.25. The fraction of sp³-hybridized carbons (Fsp3) is 1.00. The highest BCUT2D eigenvalue weighted by Gasteiger charge is 2.55. The van der Waals surface area contributed by atoms with Crippen molar-refractivity contribution < 1.29 is 17.2 Å². The summed E-state index contributed by atoms with van der Waals surface area (Å²) in [5, 5.41) is 0. The van der Waals surface area contributed by atoms with Gasteiger partial charge in [0.25, 0.3) is 5.92 Å². The third kappa shape index (κ3) is 2.38. The number of rotatable bonds is 2. The van der Waals surface area contributed by atoms with Crippen LogP contribution in [0.15, 0.2) is 0 Å². The first kappa shape index (κ1) is 9.85. The molecule has 0 aromatic carbocycles. The summed E-state index contributed by atoms with van der Waals surface area (Å²) in [6, 6.07) is 0. The van der Waals surface area contributed by atoms with Crippen LogP contribution in [0.1, 0.15) is 12.8 Å². The summed E-state index contributed by atoms with van der Waals surface area (Å²) in [6.45, 7) is 0. The number of nitrogens with two attached hydrogens (primary N) is 1. The highest BCUT2D eigenvalue weighted by atomic mass is 32.2. The number of hydrogen-bond acceptors (Lipinski definition) is 3. The van der Waals surface area contributed by atoms with Crippen LogP contribution in [0.5, 0.6) is 0 Å². The Labute approximate surface area is 69.9 Å². The largest absolute Gasteiger partial charge is 0.324 e. The van der Waals surface area contributed by atoms with Crippen LogP contribution < -0.4 is 5.73 Å². The first-order valence-corrected chi connectivity index (χ1v) is 5.53. The Morgan fingerprint density at radius 1 is 1.42 bits per heavy atom. The molecule has 3 nitrogen and oxygen atoms in total. The van der Waals surface area contributed by atoms with Crippen molar-refractivity contribution in [1.29, 1.82) is 0 Å². The van der Waals surface area contributed by atoms with Crippen LogP contribution in [0.4, 0.5) is 8.78 Å². The lowest BCUT2D eigenvalue weighted by atomic mass is 9.76. The predicted molar refractivity (Wildman–Crippen MR) is 40.8 cm³/mol. The van der Waals surface area contributed by atoms with Crippen LogP contribution in [0.2, 0.25) is 0 Å². The normalized spacial score (nSPS) is 26.3. The molecule has 12 heavy (non-hydrogen) atoms. The van der Waals surface area contributed by atoms with Crippen molar-refractivity contribution in [3.63, 3.8) is 0 Å². The maximum absolute atomic E-state index is 12.3. The lowest BCUT2D eigenvalue weighted by Gasteiger charge is -2.43. The van der Waals surface area contributed by atoms with Crippen LogP contribution in [0, 0.1) is 0 Å². The van der Waals surface area contributed by atoms with Crippen molar-refractivity contribution in [2.45, 2.75) is 24.3 Å². The highest BCUT2D eigenvalue weighted by molar-refractivity contribution is 7.90. The van der Waals surface area contributed by atoms with Crippen molar-refractivity contribution in [2.75, 3.05) is 12.0 Å². The molecule has 0 aliphatic heterocycles. The summed E-state index contributed by atoms with van der Waals surface area (Å²) in [7, 11) is -3.25. The standard InChI is InChI=1S/C6H11F2NO2S/c1-12(10,11)4-5(9)2-6(7,8)3-5/h2-4,9H2,1H3. The second-order valence-corrected chi connectivity index (χ2v) is 5.78. The Morgan fingerprint density at radius 3 is 2.08 bits per heavy atom. The van der Waals surface area contributed by atoms with E-state index in [2.05, 4.69) is 0 Å². The van der Waals surface area contributed by atoms with Gasteiger partial charge in [0.2, 0.25) is 0 Å². The maximum atomic E-state index is 12.3. The topological polar surface area (TPSA) is 60.2 Å². The zero-order valence-corrected chi connectivity index (χ0v) is 7.50. The van der Waals surface area contributed by atoms with Crippen LogP contribution in [0.25, 0.3) is 0 Å². The molecule has 0 heterocycles. The second kappa shape index (κ2) is 2.38. The lowest BCUT2D eigenvalue weighted by molar-refractivity contribution is -0.114. The first-order valence-electron chi connectivity index (χ1n) is 3.46. The summed E-state index contributed by atoms with van der Waals surface area (Å²) in [6.07, 6.45) is -0.0434. The fourth-order valence-corrected chi connectivity index (χ4v) is 2.85. The molecule has 1 saturated carbocycles. The van der Waals surface area contributed by atoms with E-state index in [1.165, 1.54) is 0 Å². The molecule has 72 valence electrons.